The van der Waals surface area contributed by atoms with Crippen LogP contribution >= 0.6 is 0 Å². The van der Waals surface area contributed by atoms with Crippen molar-refractivity contribution in [2.45, 2.75) is 0 Å². The molecule has 0 atom stereocenters. The van der Waals surface area contributed by atoms with E-state index >= 15 is 0 Å². The van der Waals surface area contributed by atoms with Crippen LogP contribution in [0.3, 0.4) is 0 Å². The van der Waals surface area contributed by atoms with E-state index in [2.05, 4.69) is 45.4 Å². The first-order chi connectivity index (χ1) is 9.43. The van der Waals surface area contributed by atoms with Crippen LogP contribution in [0.1, 0.15) is 0 Å². The van der Waals surface area contributed by atoms with Gasteiger partial charge >= 0.3 is 121 Å². The Balaban J connectivity index is 1.98. The Morgan fingerprint density at radius 2 is 1.37 bits per heavy atom. The summed E-state index contributed by atoms with van der Waals surface area (Å²) in [5, 5.41) is 0. The van der Waals surface area contributed by atoms with E-state index in [0.29, 0.717) is 0 Å². The summed E-state index contributed by atoms with van der Waals surface area (Å²) in [6.45, 7) is 0. The SMILES string of the molecule is c1c[te]c(N2c3ccccc3Oc3ccccc32)c1. The van der Waals surface area contributed by atoms with Crippen LogP contribution in [-0.4, -0.2) is 20.4 Å². The van der Waals surface area contributed by atoms with Crippen LogP contribution in [0.5, 0.6) is 11.5 Å². The maximum atomic E-state index is 5.99. The van der Waals surface area contributed by atoms with Gasteiger partial charge in [0.2, 0.25) is 0 Å². The van der Waals surface area contributed by atoms with Crippen molar-refractivity contribution in [2.24, 2.45) is 0 Å². The van der Waals surface area contributed by atoms with Crippen LogP contribution < -0.4 is 9.64 Å². The standard InChI is InChI=1S/C16H11NOTe/c1-3-8-14-12(6-1)17(16-10-5-11-19-16)13-7-2-4-9-15(13)18-14/h1-11H. The van der Waals surface area contributed by atoms with Gasteiger partial charge in [-0.25, -0.2) is 0 Å². The van der Waals surface area contributed by atoms with Gasteiger partial charge in [-0.3, -0.25) is 0 Å². The molecule has 92 valence electrons. The molecule has 0 radical (unpaired) electrons. The van der Waals surface area contributed by atoms with Crippen molar-refractivity contribution < 1.29 is 4.74 Å². The van der Waals surface area contributed by atoms with E-state index < -0.39 is 0 Å². The first-order valence-electron chi connectivity index (χ1n) is 6.13. The van der Waals surface area contributed by atoms with Gasteiger partial charge in [0, 0.05) is 0 Å². The molecule has 0 saturated heterocycles. The summed E-state index contributed by atoms with van der Waals surface area (Å²) in [4.78, 5) is 2.34. The number of benzene rings is 2. The summed E-state index contributed by atoms with van der Waals surface area (Å²) in [7, 11) is 0. The van der Waals surface area contributed by atoms with E-state index in [1.165, 1.54) is 3.70 Å². The molecule has 19 heavy (non-hydrogen) atoms. The molecule has 1 aliphatic heterocycles. The molecule has 1 aliphatic rings. The molecule has 0 fully saturated rings. The van der Waals surface area contributed by atoms with Gasteiger partial charge in [0.25, 0.3) is 0 Å². The fraction of sp³-hybridized carbons (Fsp3) is 0. The second-order valence-corrected chi connectivity index (χ2v) is 6.97. The summed E-state index contributed by atoms with van der Waals surface area (Å²) in [6, 6.07) is 20.9. The van der Waals surface area contributed by atoms with Gasteiger partial charge in [0.05, 0.1) is 0 Å². The Labute approximate surface area is 121 Å². The average molecular weight is 361 g/mol. The van der Waals surface area contributed by atoms with Gasteiger partial charge in [0.15, 0.2) is 0 Å². The molecule has 4 rings (SSSR count). The van der Waals surface area contributed by atoms with E-state index in [-0.39, 0.29) is 20.4 Å². The van der Waals surface area contributed by atoms with Crippen LogP contribution in [0.15, 0.2) is 64.7 Å². The molecule has 2 heterocycles. The zero-order valence-electron chi connectivity index (χ0n) is 10.1. The Bertz CT molecular complexity index is 676. The van der Waals surface area contributed by atoms with E-state index in [1.54, 1.807) is 0 Å². The van der Waals surface area contributed by atoms with E-state index in [4.69, 9.17) is 4.74 Å². The quantitative estimate of drug-likeness (QED) is 0.469. The van der Waals surface area contributed by atoms with Crippen molar-refractivity contribution in [3.63, 3.8) is 0 Å². The van der Waals surface area contributed by atoms with Crippen molar-refractivity contribution >= 4 is 35.5 Å². The Kier molecular flexibility index (Phi) is 2.61. The predicted molar refractivity (Wildman–Crippen MR) is 78.1 cm³/mol. The van der Waals surface area contributed by atoms with Crippen molar-refractivity contribution in [3.05, 3.63) is 64.7 Å². The number of nitrogens with zero attached hydrogens (tertiary/aromatic N) is 1. The number of fused-ring (bicyclic) bond motifs is 2. The third-order valence-electron chi connectivity index (χ3n) is 3.16. The number of anilines is 3. The molecule has 3 aromatic rings. The minimum atomic E-state index is -0.234. The Morgan fingerprint density at radius 3 is 1.95 bits per heavy atom. The van der Waals surface area contributed by atoms with Gasteiger partial charge in [-0.15, -0.1) is 0 Å². The fourth-order valence-corrected chi connectivity index (χ4v) is 4.50. The molecule has 0 saturated carbocycles. The minimum absolute atomic E-state index is 0.234. The molecule has 0 amide bonds. The number of para-hydroxylation sites is 4. The summed E-state index contributed by atoms with van der Waals surface area (Å²) in [5.74, 6) is 1.86. The third kappa shape index (κ3) is 1.78. The molecule has 2 aromatic carbocycles. The second-order valence-electron chi connectivity index (χ2n) is 4.32. The van der Waals surface area contributed by atoms with E-state index in [9.17, 15) is 0 Å². The number of hydrogen-bond acceptors (Lipinski definition) is 2. The zero-order valence-corrected chi connectivity index (χ0v) is 12.4. The van der Waals surface area contributed by atoms with Crippen LogP contribution in [0.2, 0.25) is 0 Å². The second kappa shape index (κ2) is 4.45. The summed E-state index contributed by atoms with van der Waals surface area (Å²) in [5.41, 5.74) is 2.28. The molecular formula is C16H11NOTe. The summed E-state index contributed by atoms with van der Waals surface area (Å²) < 4.78 is 9.71. The molecule has 1 aromatic heterocycles. The molecule has 0 spiro atoms. The zero-order chi connectivity index (χ0) is 12.7. The van der Waals surface area contributed by atoms with Gasteiger partial charge in [-0.2, -0.15) is 0 Å². The van der Waals surface area contributed by atoms with Crippen LogP contribution in [0.25, 0.3) is 0 Å². The Morgan fingerprint density at radius 1 is 0.737 bits per heavy atom. The van der Waals surface area contributed by atoms with Gasteiger partial charge in [-0.05, 0) is 0 Å². The number of ether oxygens (including phenoxy) is 1. The normalized spacial score (nSPS) is 12.5. The molecule has 0 unspecified atom stereocenters. The maximum absolute atomic E-state index is 5.99. The molecular weight excluding hydrogens is 350 g/mol. The van der Waals surface area contributed by atoms with Gasteiger partial charge in [0.1, 0.15) is 0 Å². The number of rotatable bonds is 1. The number of hydrogen-bond donors (Lipinski definition) is 0. The van der Waals surface area contributed by atoms with Gasteiger partial charge in [-0.1, -0.05) is 0 Å². The first-order valence-corrected chi connectivity index (χ1v) is 8.64. The molecule has 0 bridgehead atoms. The van der Waals surface area contributed by atoms with Crippen LogP contribution in [0, 0.1) is 0 Å². The van der Waals surface area contributed by atoms with Crippen molar-refractivity contribution in [3.8, 4) is 11.5 Å². The monoisotopic (exact) mass is 363 g/mol. The average Bonchev–Trinajstić information content (AvgIpc) is 2.98. The molecule has 2 nitrogen and oxygen atoms in total. The van der Waals surface area contributed by atoms with E-state index in [0.717, 1.165) is 22.9 Å². The fourth-order valence-electron chi connectivity index (χ4n) is 2.34. The topological polar surface area (TPSA) is 12.5 Å². The van der Waals surface area contributed by atoms with E-state index in [1.807, 2.05) is 24.3 Å². The third-order valence-corrected chi connectivity index (χ3v) is 5.59. The predicted octanol–water partition coefficient (Wildman–Crippen LogP) is 4.32. The Hall–Kier alpha value is -1.69. The molecule has 3 heteroatoms. The van der Waals surface area contributed by atoms with Crippen LogP contribution in [-0.2, 0) is 0 Å². The van der Waals surface area contributed by atoms with Crippen molar-refractivity contribution in [1.29, 1.82) is 0 Å². The van der Waals surface area contributed by atoms with Crippen molar-refractivity contribution in [1.82, 2.24) is 0 Å². The summed E-state index contributed by atoms with van der Waals surface area (Å²) in [6.07, 6.45) is 0. The summed E-state index contributed by atoms with van der Waals surface area (Å²) >= 11 is -0.234. The van der Waals surface area contributed by atoms with Gasteiger partial charge < -0.3 is 0 Å². The molecule has 0 N–H and O–H groups in total. The van der Waals surface area contributed by atoms with Crippen molar-refractivity contribution in [2.75, 3.05) is 4.90 Å². The first kappa shape index (κ1) is 11.2. The molecule has 0 aliphatic carbocycles. The van der Waals surface area contributed by atoms with Crippen LogP contribution in [0.4, 0.5) is 15.1 Å².